The summed E-state index contributed by atoms with van der Waals surface area (Å²) < 4.78 is 50.5. The maximum absolute atomic E-state index is 12.4. The molecule has 0 saturated carbocycles. The minimum absolute atomic E-state index is 0.114. The van der Waals surface area contributed by atoms with E-state index in [0.717, 1.165) is 27.9 Å². The molecule has 0 aliphatic carbocycles. The van der Waals surface area contributed by atoms with E-state index in [4.69, 9.17) is 0 Å². The number of nitrogens with one attached hydrogen (secondary N) is 1. The predicted molar refractivity (Wildman–Crippen MR) is 126 cm³/mol. The molecule has 0 aliphatic heterocycles. The maximum Gasteiger partial charge on any atom is 0.232 e. The first-order valence-corrected chi connectivity index (χ1v) is 13.4. The van der Waals surface area contributed by atoms with Gasteiger partial charge in [0.25, 0.3) is 0 Å². The van der Waals surface area contributed by atoms with Crippen LogP contribution in [0.2, 0.25) is 0 Å². The van der Waals surface area contributed by atoms with Crippen molar-refractivity contribution in [3.8, 4) is 0 Å². The fourth-order valence-electron chi connectivity index (χ4n) is 3.05. The zero-order valence-corrected chi connectivity index (χ0v) is 20.0. The number of aryl methyl sites for hydroxylation is 1. The molecule has 1 amide bonds. The molecular weight excluding hydrogens is 438 g/mol. The molecule has 0 fully saturated rings. The zero-order valence-electron chi connectivity index (χ0n) is 18.4. The van der Waals surface area contributed by atoms with Gasteiger partial charge in [-0.05, 0) is 55.7 Å². The van der Waals surface area contributed by atoms with Gasteiger partial charge in [-0.1, -0.05) is 18.2 Å². The molecule has 31 heavy (non-hydrogen) atoms. The molecule has 2 aromatic carbocycles. The summed E-state index contributed by atoms with van der Waals surface area (Å²) in [4.78, 5) is 12.4. The van der Waals surface area contributed by atoms with E-state index in [0.29, 0.717) is 23.5 Å². The number of hydrogen-bond acceptors (Lipinski definition) is 5. The molecular formula is C21H29N3O5S2. The lowest BCUT2D eigenvalue weighted by atomic mass is 10.1. The minimum atomic E-state index is -3.50. The predicted octanol–water partition coefficient (Wildman–Crippen LogP) is 2.88. The van der Waals surface area contributed by atoms with Gasteiger partial charge >= 0.3 is 0 Å². The highest BCUT2D eigenvalue weighted by molar-refractivity contribution is 7.92. The smallest absolute Gasteiger partial charge is 0.232 e. The van der Waals surface area contributed by atoms with Gasteiger partial charge in [-0.3, -0.25) is 13.4 Å². The fraction of sp³-hybridized carbons (Fsp3) is 0.381. The average molecular weight is 468 g/mol. The number of amides is 1. The van der Waals surface area contributed by atoms with Crippen molar-refractivity contribution in [1.82, 2.24) is 0 Å². The standard InChI is InChI=1S/C21H29N3O5S2/c1-16-9-6-12-20(17(16)2)24(31(5,28)29)14-8-13-21(25)22-18-10-7-11-19(15-18)23(3)30(4,26)27/h6-7,9-12,15H,8,13-14H2,1-5H3,(H,22,25). The Hall–Kier alpha value is -2.59. The van der Waals surface area contributed by atoms with Crippen molar-refractivity contribution in [2.45, 2.75) is 26.7 Å². The first-order chi connectivity index (χ1) is 14.3. The summed E-state index contributed by atoms with van der Waals surface area (Å²) in [6, 6.07) is 12.0. The summed E-state index contributed by atoms with van der Waals surface area (Å²) >= 11 is 0. The third kappa shape index (κ3) is 6.70. The van der Waals surface area contributed by atoms with Crippen LogP contribution in [0.4, 0.5) is 17.1 Å². The summed E-state index contributed by atoms with van der Waals surface area (Å²) in [6.07, 6.45) is 2.69. The summed E-state index contributed by atoms with van der Waals surface area (Å²) in [5, 5.41) is 2.73. The molecule has 0 saturated heterocycles. The Labute approximate surface area is 185 Å². The van der Waals surface area contributed by atoms with E-state index >= 15 is 0 Å². The van der Waals surface area contributed by atoms with Crippen LogP contribution in [0.3, 0.4) is 0 Å². The van der Waals surface area contributed by atoms with Gasteiger partial charge in [0.05, 0.1) is 23.9 Å². The fourth-order valence-corrected chi connectivity index (χ4v) is 4.56. The summed E-state index contributed by atoms with van der Waals surface area (Å²) in [5.74, 6) is -0.284. The largest absolute Gasteiger partial charge is 0.326 e. The molecule has 8 nitrogen and oxygen atoms in total. The van der Waals surface area contributed by atoms with Crippen LogP contribution in [0.25, 0.3) is 0 Å². The van der Waals surface area contributed by atoms with Crippen molar-refractivity contribution in [1.29, 1.82) is 0 Å². The Morgan fingerprint density at radius 2 is 1.61 bits per heavy atom. The van der Waals surface area contributed by atoms with Crippen molar-refractivity contribution in [3.63, 3.8) is 0 Å². The average Bonchev–Trinajstić information content (AvgIpc) is 2.66. The van der Waals surface area contributed by atoms with E-state index in [1.54, 1.807) is 30.3 Å². The highest BCUT2D eigenvalue weighted by Crippen LogP contribution is 2.25. The van der Waals surface area contributed by atoms with Gasteiger partial charge in [-0.25, -0.2) is 16.8 Å². The number of nitrogens with zero attached hydrogens (tertiary/aromatic N) is 2. The van der Waals surface area contributed by atoms with Gasteiger partial charge in [-0.2, -0.15) is 0 Å². The third-order valence-electron chi connectivity index (χ3n) is 5.00. The Kier molecular flexibility index (Phi) is 7.72. The van der Waals surface area contributed by atoms with E-state index < -0.39 is 20.0 Å². The monoisotopic (exact) mass is 467 g/mol. The number of anilines is 3. The van der Waals surface area contributed by atoms with Crippen LogP contribution < -0.4 is 13.9 Å². The molecule has 0 radical (unpaired) electrons. The summed E-state index contributed by atoms with van der Waals surface area (Å²) in [6.45, 7) is 3.96. The molecule has 1 N–H and O–H groups in total. The SMILES string of the molecule is Cc1cccc(N(CCCC(=O)Nc2cccc(N(C)S(C)(=O)=O)c2)S(C)(=O)=O)c1C. The number of sulfonamides is 2. The highest BCUT2D eigenvalue weighted by Gasteiger charge is 2.20. The zero-order chi connectivity index (χ0) is 23.4. The van der Waals surface area contributed by atoms with Crippen LogP contribution in [0.1, 0.15) is 24.0 Å². The molecule has 0 atom stereocenters. The first-order valence-electron chi connectivity index (χ1n) is 9.68. The van der Waals surface area contributed by atoms with E-state index in [9.17, 15) is 21.6 Å². The molecule has 0 aliphatic rings. The quantitative estimate of drug-likeness (QED) is 0.611. The van der Waals surface area contributed by atoms with E-state index in [1.165, 1.54) is 11.4 Å². The maximum atomic E-state index is 12.4. The number of rotatable bonds is 9. The van der Waals surface area contributed by atoms with Crippen molar-refractivity contribution in [3.05, 3.63) is 53.6 Å². The summed E-state index contributed by atoms with van der Waals surface area (Å²) in [7, 11) is -5.48. The molecule has 0 heterocycles. The lowest BCUT2D eigenvalue weighted by Crippen LogP contribution is -2.32. The second kappa shape index (κ2) is 9.69. The number of carbonyl (C=O) groups is 1. The minimum Gasteiger partial charge on any atom is -0.326 e. The third-order valence-corrected chi connectivity index (χ3v) is 7.39. The van der Waals surface area contributed by atoms with Gasteiger partial charge < -0.3 is 5.32 Å². The Morgan fingerprint density at radius 1 is 0.968 bits per heavy atom. The Bertz CT molecular complexity index is 1160. The number of hydrogen-bond donors (Lipinski definition) is 1. The molecule has 0 aromatic heterocycles. The first kappa shape index (κ1) is 24.7. The lowest BCUT2D eigenvalue weighted by Gasteiger charge is -2.25. The van der Waals surface area contributed by atoms with Crippen LogP contribution in [0.5, 0.6) is 0 Å². The van der Waals surface area contributed by atoms with Crippen LogP contribution in [-0.2, 0) is 24.8 Å². The van der Waals surface area contributed by atoms with Crippen LogP contribution in [0.15, 0.2) is 42.5 Å². The Morgan fingerprint density at radius 3 is 2.23 bits per heavy atom. The van der Waals surface area contributed by atoms with Crippen LogP contribution in [-0.4, -0.2) is 48.8 Å². The molecule has 2 aromatic rings. The summed E-state index contributed by atoms with van der Waals surface area (Å²) in [5.41, 5.74) is 3.37. The second-order valence-corrected chi connectivity index (χ2v) is 11.4. The van der Waals surface area contributed by atoms with Crippen molar-refractivity contribution >= 4 is 43.0 Å². The van der Waals surface area contributed by atoms with E-state index in [-0.39, 0.29) is 18.9 Å². The van der Waals surface area contributed by atoms with E-state index in [2.05, 4.69) is 5.32 Å². The number of carbonyl (C=O) groups excluding carboxylic acids is 1. The number of benzene rings is 2. The Balaban J connectivity index is 2.05. The lowest BCUT2D eigenvalue weighted by molar-refractivity contribution is -0.116. The normalized spacial score (nSPS) is 11.8. The van der Waals surface area contributed by atoms with Gasteiger partial charge in [0.1, 0.15) is 0 Å². The van der Waals surface area contributed by atoms with Crippen LogP contribution >= 0.6 is 0 Å². The van der Waals surface area contributed by atoms with Gasteiger partial charge in [0.15, 0.2) is 0 Å². The highest BCUT2D eigenvalue weighted by atomic mass is 32.2. The van der Waals surface area contributed by atoms with E-state index in [1.807, 2.05) is 26.0 Å². The van der Waals surface area contributed by atoms with Crippen molar-refractivity contribution in [2.24, 2.45) is 0 Å². The molecule has 0 bridgehead atoms. The topological polar surface area (TPSA) is 104 Å². The second-order valence-electron chi connectivity index (χ2n) is 7.49. The molecule has 10 heteroatoms. The van der Waals surface area contributed by atoms with Gasteiger partial charge in [0, 0.05) is 25.7 Å². The van der Waals surface area contributed by atoms with Gasteiger partial charge in [0.2, 0.25) is 26.0 Å². The molecule has 0 spiro atoms. The van der Waals surface area contributed by atoms with Gasteiger partial charge in [-0.15, -0.1) is 0 Å². The van der Waals surface area contributed by atoms with Crippen molar-refractivity contribution in [2.75, 3.05) is 40.0 Å². The van der Waals surface area contributed by atoms with Crippen LogP contribution in [0, 0.1) is 13.8 Å². The molecule has 170 valence electrons. The van der Waals surface area contributed by atoms with Crippen molar-refractivity contribution < 1.29 is 21.6 Å². The molecule has 2 rings (SSSR count). The molecule has 0 unspecified atom stereocenters.